The van der Waals surface area contributed by atoms with Gasteiger partial charge in [0.05, 0.1) is 12.2 Å². The molecule has 25 heavy (non-hydrogen) atoms. The number of carbonyl (C=O) groups is 1. The van der Waals surface area contributed by atoms with E-state index >= 15 is 0 Å². The number of fused-ring (bicyclic) bond motifs is 1. The van der Waals surface area contributed by atoms with E-state index in [1.807, 2.05) is 54.1 Å². The van der Waals surface area contributed by atoms with Gasteiger partial charge in [-0.2, -0.15) is 0 Å². The molecule has 0 saturated heterocycles. The first-order valence-electron chi connectivity index (χ1n) is 8.51. The van der Waals surface area contributed by atoms with Crippen LogP contribution in [0.2, 0.25) is 0 Å². The molecule has 0 unspecified atom stereocenters. The monoisotopic (exact) mass is 333 g/mol. The number of aryl methyl sites for hydroxylation is 1. The zero-order valence-corrected chi connectivity index (χ0v) is 14.9. The van der Waals surface area contributed by atoms with Crippen molar-refractivity contribution in [3.63, 3.8) is 0 Å². The summed E-state index contributed by atoms with van der Waals surface area (Å²) in [4.78, 5) is 16.5. The molecule has 3 rings (SSSR count). The molecule has 0 fully saturated rings. The van der Waals surface area contributed by atoms with Crippen LogP contribution >= 0.6 is 0 Å². The molecule has 1 amide bonds. The van der Waals surface area contributed by atoms with Crippen LogP contribution in [0.3, 0.4) is 0 Å². The maximum absolute atomic E-state index is 12.0. The lowest BCUT2D eigenvalue weighted by atomic mass is 10.0. The molecule has 1 aromatic carbocycles. The van der Waals surface area contributed by atoms with Gasteiger partial charge >= 0.3 is 0 Å². The fraction of sp³-hybridized carbons (Fsp3) is 0.238. The molecule has 2 aromatic heterocycles. The van der Waals surface area contributed by atoms with Crippen LogP contribution < -0.4 is 5.32 Å². The van der Waals surface area contributed by atoms with Crippen LogP contribution in [0.15, 0.2) is 54.9 Å². The van der Waals surface area contributed by atoms with Crippen molar-refractivity contribution in [1.29, 1.82) is 0 Å². The van der Waals surface area contributed by atoms with Gasteiger partial charge in [-0.1, -0.05) is 44.2 Å². The van der Waals surface area contributed by atoms with Crippen LogP contribution in [-0.2, 0) is 11.3 Å². The maximum Gasteiger partial charge on any atom is 0.244 e. The molecule has 3 aromatic rings. The normalized spacial score (nSPS) is 11.5. The maximum atomic E-state index is 12.0. The average Bonchev–Trinajstić information content (AvgIpc) is 3.00. The first-order valence-corrected chi connectivity index (χ1v) is 8.51. The number of imidazole rings is 1. The molecule has 4 heteroatoms. The van der Waals surface area contributed by atoms with Gasteiger partial charge in [0.2, 0.25) is 5.91 Å². The Morgan fingerprint density at radius 2 is 1.92 bits per heavy atom. The Kier molecular flexibility index (Phi) is 4.98. The SMILES string of the molecule is Cc1ccc2nc(CNC(=O)/C=C/c3ccc(C(C)C)cc3)cn2c1. The smallest absolute Gasteiger partial charge is 0.244 e. The van der Waals surface area contributed by atoms with Crippen LogP contribution in [0.1, 0.15) is 42.1 Å². The predicted molar refractivity (Wildman–Crippen MR) is 101 cm³/mol. The third kappa shape index (κ3) is 4.35. The lowest BCUT2D eigenvalue weighted by Crippen LogP contribution is -2.20. The Balaban J connectivity index is 1.58. The van der Waals surface area contributed by atoms with Crippen molar-refractivity contribution in [3.05, 3.63) is 77.3 Å². The highest BCUT2D eigenvalue weighted by Crippen LogP contribution is 2.15. The van der Waals surface area contributed by atoms with Crippen molar-refractivity contribution in [3.8, 4) is 0 Å². The second-order valence-corrected chi connectivity index (χ2v) is 6.58. The Hall–Kier alpha value is -2.88. The van der Waals surface area contributed by atoms with Crippen molar-refractivity contribution in [2.24, 2.45) is 0 Å². The number of hydrogen-bond acceptors (Lipinski definition) is 2. The second-order valence-electron chi connectivity index (χ2n) is 6.58. The van der Waals surface area contributed by atoms with E-state index in [-0.39, 0.29) is 5.91 Å². The van der Waals surface area contributed by atoms with E-state index in [2.05, 4.69) is 36.3 Å². The molecule has 1 N–H and O–H groups in total. The van der Waals surface area contributed by atoms with Crippen molar-refractivity contribution in [2.75, 3.05) is 0 Å². The number of nitrogens with zero attached hydrogens (tertiary/aromatic N) is 2. The summed E-state index contributed by atoms with van der Waals surface area (Å²) in [5.74, 6) is 0.386. The predicted octanol–water partition coefficient (Wildman–Crippen LogP) is 4.10. The summed E-state index contributed by atoms with van der Waals surface area (Å²) < 4.78 is 1.98. The number of hydrogen-bond donors (Lipinski definition) is 1. The Morgan fingerprint density at radius 1 is 1.16 bits per heavy atom. The zero-order chi connectivity index (χ0) is 17.8. The molecule has 128 valence electrons. The van der Waals surface area contributed by atoms with Crippen molar-refractivity contribution in [1.82, 2.24) is 14.7 Å². The topological polar surface area (TPSA) is 46.4 Å². The van der Waals surface area contributed by atoms with E-state index in [1.54, 1.807) is 6.08 Å². The van der Waals surface area contributed by atoms with Gasteiger partial charge in [-0.3, -0.25) is 4.79 Å². The quantitative estimate of drug-likeness (QED) is 0.715. The summed E-state index contributed by atoms with van der Waals surface area (Å²) >= 11 is 0. The molecule has 0 atom stereocenters. The molecule has 0 radical (unpaired) electrons. The third-order valence-corrected chi connectivity index (χ3v) is 4.12. The van der Waals surface area contributed by atoms with Crippen LogP contribution in [0.25, 0.3) is 11.7 Å². The first-order chi connectivity index (χ1) is 12.0. The van der Waals surface area contributed by atoms with Gasteiger partial charge < -0.3 is 9.72 Å². The second kappa shape index (κ2) is 7.34. The highest BCUT2D eigenvalue weighted by molar-refractivity contribution is 5.91. The van der Waals surface area contributed by atoms with Crippen molar-refractivity contribution >= 4 is 17.6 Å². The summed E-state index contributed by atoms with van der Waals surface area (Å²) in [6, 6.07) is 12.3. The number of rotatable bonds is 5. The highest BCUT2D eigenvalue weighted by Gasteiger charge is 2.03. The summed E-state index contributed by atoms with van der Waals surface area (Å²) in [6.45, 7) is 6.79. The number of carbonyl (C=O) groups excluding carboxylic acids is 1. The lowest BCUT2D eigenvalue weighted by molar-refractivity contribution is -0.116. The zero-order valence-electron chi connectivity index (χ0n) is 14.9. The summed E-state index contributed by atoms with van der Waals surface area (Å²) in [7, 11) is 0. The molecule has 0 aliphatic rings. The van der Waals surface area contributed by atoms with E-state index in [1.165, 1.54) is 11.1 Å². The van der Waals surface area contributed by atoms with Crippen LogP contribution in [-0.4, -0.2) is 15.3 Å². The van der Waals surface area contributed by atoms with Gasteiger partial charge in [0.25, 0.3) is 0 Å². The van der Waals surface area contributed by atoms with Gasteiger partial charge in [0, 0.05) is 18.5 Å². The molecule has 0 aliphatic heterocycles. The minimum absolute atomic E-state index is 0.124. The van der Waals surface area contributed by atoms with Gasteiger partial charge in [-0.15, -0.1) is 0 Å². The summed E-state index contributed by atoms with van der Waals surface area (Å²) in [6.07, 6.45) is 7.35. The standard InChI is InChI=1S/C21H23N3O/c1-15(2)18-8-5-17(6-9-18)7-11-21(25)22-12-19-14-24-13-16(3)4-10-20(24)23-19/h4-11,13-15H,12H2,1-3H3,(H,22,25)/b11-7+. The molecule has 0 bridgehead atoms. The Morgan fingerprint density at radius 3 is 2.64 bits per heavy atom. The molecular formula is C21H23N3O. The summed E-state index contributed by atoms with van der Waals surface area (Å²) in [5.41, 5.74) is 5.21. The number of benzene rings is 1. The lowest BCUT2D eigenvalue weighted by Gasteiger charge is -2.04. The van der Waals surface area contributed by atoms with E-state index in [4.69, 9.17) is 0 Å². The van der Waals surface area contributed by atoms with E-state index in [0.717, 1.165) is 16.9 Å². The van der Waals surface area contributed by atoms with Crippen LogP contribution in [0.5, 0.6) is 0 Å². The first kappa shape index (κ1) is 17.0. The molecule has 2 heterocycles. The number of amides is 1. The van der Waals surface area contributed by atoms with Crippen LogP contribution in [0.4, 0.5) is 0 Å². The fourth-order valence-corrected chi connectivity index (χ4v) is 2.64. The Bertz CT molecular complexity index is 905. The van der Waals surface area contributed by atoms with Crippen LogP contribution in [0, 0.1) is 6.92 Å². The number of pyridine rings is 1. The molecule has 4 nitrogen and oxygen atoms in total. The highest BCUT2D eigenvalue weighted by atomic mass is 16.1. The minimum atomic E-state index is -0.124. The largest absolute Gasteiger partial charge is 0.347 e. The van der Waals surface area contributed by atoms with Crippen molar-refractivity contribution < 1.29 is 4.79 Å². The molecule has 0 aliphatic carbocycles. The summed E-state index contributed by atoms with van der Waals surface area (Å²) in [5, 5.41) is 2.87. The molecular weight excluding hydrogens is 310 g/mol. The molecule has 0 saturated carbocycles. The van der Waals surface area contributed by atoms with Crippen molar-refractivity contribution in [2.45, 2.75) is 33.2 Å². The van der Waals surface area contributed by atoms with Gasteiger partial charge in [-0.05, 0) is 41.7 Å². The van der Waals surface area contributed by atoms with Gasteiger partial charge in [0.1, 0.15) is 5.65 Å². The Labute approximate surface area is 148 Å². The number of nitrogens with one attached hydrogen (secondary N) is 1. The fourth-order valence-electron chi connectivity index (χ4n) is 2.64. The third-order valence-electron chi connectivity index (χ3n) is 4.12. The van der Waals surface area contributed by atoms with E-state index in [9.17, 15) is 4.79 Å². The van der Waals surface area contributed by atoms with Gasteiger partial charge in [0.15, 0.2) is 0 Å². The van der Waals surface area contributed by atoms with E-state index < -0.39 is 0 Å². The van der Waals surface area contributed by atoms with E-state index in [0.29, 0.717) is 12.5 Å². The number of aromatic nitrogens is 2. The average molecular weight is 333 g/mol. The minimum Gasteiger partial charge on any atom is -0.347 e. The van der Waals surface area contributed by atoms with Gasteiger partial charge in [-0.25, -0.2) is 4.98 Å². The molecule has 0 spiro atoms.